The monoisotopic (exact) mass is 433 g/mol. The zero-order valence-electron chi connectivity index (χ0n) is 18.0. The zero-order chi connectivity index (χ0) is 22.6. The molecule has 160 valence electrons. The van der Waals surface area contributed by atoms with Crippen molar-refractivity contribution in [2.24, 2.45) is 7.05 Å². The highest BCUT2D eigenvalue weighted by molar-refractivity contribution is 5.81. The molecular formula is C26H22F3N3+2. The largest absolute Gasteiger partial charge is 0.416 e. The highest BCUT2D eigenvalue weighted by Gasteiger charge is 2.36. The van der Waals surface area contributed by atoms with Gasteiger partial charge < -0.3 is 0 Å². The van der Waals surface area contributed by atoms with Gasteiger partial charge in [0.25, 0.3) is 0 Å². The number of hydrogen-bond donors (Lipinski definition) is 0. The number of fused-ring (bicyclic) bond motifs is 2. The predicted molar refractivity (Wildman–Crippen MR) is 118 cm³/mol. The summed E-state index contributed by atoms with van der Waals surface area (Å²) in [6, 6.07) is 20.1. The molecule has 0 atom stereocenters. The fraction of sp³-hybridized carbons (Fsp3) is 0.154. The number of para-hydroxylation sites is 1. The van der Waals surface area contributed by atoms with Crippen molar-refractivity contribution < 1.29 is 22.4 Å². The molecular weight excluding hydrogens is 411 g/mol. The van der Waals surface area contributed by atoms with Gasteiger partial charge in [0, 0.05) is 30.5 Å². The van der Waals surface area contributed by atoms with Crippen LogP contribution >= 0.6 is 0 Å². The highest BCUT2D eigenvalue weighted by atomic mass is 19.4. The number of halogens is 3. The number of hydrogen-bond acceptors (Lipinski definition) is 0. The van der Waals surface area contributed by atoms with Crippen LogP contribution in [-0.2, 0) is 13.2 Å². The van der Waals surface area contributed by atoms with Gasteiger partial charge in [-0.25, -0.2) is 0 Å². The summed E-state index contributed by atoms with van der Waals surface area (Å²) in [5, 5.41) is 2.98. The van der Waals surface area contributed by atoms with E-state index in [9.17, 15) is 13.2 Å². The lowest BCUT2D eigenvalue weighted by Gasteiger charge is -2.11. The Labute approximate surface area is 183 Å². The minimum atomic E-state index is -4.46. The summed E-state index contributed by atoms with van der Waals surface area (Å²) in [7, 11) is 1.86. The third-order valence-corrected chi connectivity index (χ3v) is 6.07. The molecule has 0 fully saturated rings. The third kappa shape index (κ3) is 3.23. The Morgan fingerprint density at radius 2 is 1.38 bits per heavy atom. The molecule has 0 aliphatic heterocycles. The van der Waals surface area contributed by atoms with Crippen LogP contribution in [-0.4, -0.2) is 4.68 Å². The summed E-state index contributed by atoms with van der Waals surface area (Å²) in [5.74, 6) is 0. The van der Waals surface area contributed by atoms with Crippen LogP contribution in [0.5, 0.6) is 0 Å². The summed E-state index contributed by atoms with van der Waals surface area (Å²) in [6.07, 6.45) is -0.684. The molecule has 0 saturated heterocycles. The number of aromatic nitrogens is 3. The molecule has 0 unspecified atom stereocenters. The molecule has 2 heterocycles. The van der Waals surface area contributed by atoms with Gasteiger partial charge >= 0.3 is 6.18 Å². The number of alkyl halides is 3. The minimum Gasteiger partial charge on any atom is -0.166 e. The van der Waals surface area contributed by atoms with E-state index in [1.807, 2.05) is 97.1 Å². The van der Waals surface area contributed by atoms with Gasteiger partial charge in [-0.15, -0.1) is 0 Å². The van der Waals surface area contributed by atoms with Gasteiger partial charge in [-0.3, -0.25) is 0 Å². The lowest BCUT2D eigenvalue weighted by molar-refractivity contribution is -0.681. The Bertz CT molecular complexity index is 1500. The molecule has 2 aromatic heterocycles. The van der Waals surface area contributed by atoms with Crippen molar-refractivity contribution in [3.05, 3.63) is 95.9 Å². The van der Waals surface area contributed by atoms with Gasteiger partial charge in [0.1, 0.15) is 5.52 Å². The maximum absolute atomic E-state index is 13.9. The SMILES string of the molecule is Cc1c(-[n+]2cc3ccccc3cc2C)cc(C(F)(F)F)cc1-[n+]1cc2ccccc2n1C. The minimum absolute atomic E-state index is 0.494. The van der Waals surface area contributed by atoms with Crippen LogP contribution in [0.2, 0.25) is 0 Å². The Morgan fingerprint density at radius 1 is 0.750 bits per heavy atom. The summed E-state index contributed by atoms with van der Waals surface area (Å²) >= 11 is 0. The number of pyridine rings is 1. The summed E-state index contributed by atoms with van der Waals surface area (Å²) < 4.78 is 47.3. The van der Waals surface area contributed by atoms with Gasteiger partial charge in [0.15, 0.2) is 11.9 Å². The standard InChI is InChI=1S/C26H22F3N3/c1-17-12-19-8-4-5-9-20(19)15-31(17)24-13-22(26(27,28)29)14-25(18(24)2)32-16-21-10-6-7-11-23(21)30(32)3/h4-16H,1-3H3/q+2. The van der Waals surface area contributed by atoms with E-state index in [1.54, 1.807) is 4.68 Å². The van der Waals surface area contributed by atoms with Crippen LogP contribution in [0.15, 0.2) is 79.1 Å². The van der Waals surface area contributed by atoms with E-state index in [0.29, 0.717) is 11.4 Å². The van der Waals surface area contributed by atoms with E-state index in [0.717, 1.165) is 32.9 Å². The fourth-order valence-corrected chi connectivity index (χ4v) is 4.35. The van der Waals surface area contributed by atoms with Crippen LogP contribution in [0.4, 0.5) is 13.2 Å². The zero-order valence-corrected chi connectivity index (χ0v) is 18.0. The van der Waals surface area contributed by atoms with Crippen LogP contribution in [0.1, 0.15) is 16.8 Å². The van der Waals surface area contributed by atoms with Gasteiger partial charge in [0.05, 0.1) is 23.6 Å². The van der Waals surface area contributed by atoms with E-state index >= 15 is 0 Å². The first-order chi connectivity index (χ1) is 15.2. The lowest BCUT2D eigenvalue weighted by atomic mass is 10.0. The number of rotatable bonds is 2. The quantitative estimate of drug-likeness (QED) is 0.325. The van der Waals surface area contributed by atoms with Crippen molar-refractivity contribution in [1.29, 1.82) is 0 Å². The number of aryl methyl sites for hydroxylation is 2. The molecule has 0 aliphatic carbocycles. The van der Waals surface area contributed by atoms with Crippen LogP contribution in [0.25, 0.3) is 33.1 Å². The van der Waals surface area contributed by atoms with Crippen LogP contribution in [0, 0.1) is 13.8 Å². The van der Waals surface area contributed by atoms with E-state index in [-0.39, 0.29) is 0 Å². The lowest BCUT2D eigenvalue weighted by Crippen LogP contribution is -2.42. The summed E-state index contributed by atoms with van der Waals surface area (Å²) in [5.41, 5.74) is 2.90. The molecule has 0 spiro atoms. The second kappa shape index (κ2) is 7.19. The molecule has 0 aliphatic rings. The molecule has 5 rings (SSSR count). The Balaban J connectivity index is 1.83. The smallest absolute Gasteiger partial charge is 0.166 e. The molecule has 32 heavy (non-hydrogen) atoms. The molecule has 0 saturated carbocycles. The second-order valence-corrected chi connectivity index (χ2v) is 8.11. The van der Waals surface area contributed by atoms with E-state index in [1.165, 1.54) is 12.1 Å². The van der Waals surface area contributed by atoms with Gasteiger partial charge in [-0.2, -0.15) is 22.4 Å². The highest BCUT2D eigenvalue weighted by Crippen LogP contribution is 2.33. The molecule has 0 amide bonds. The number of nitrogens with zero attached hydrogens (tertiary/aromatic N) is 3. The first-order valence-electron chi connectivity index (χ1n) is 10.3. The Kier molecular flexibility index (Phi) is 4.55. The van der Waals surface area contributed by atoms with Gasteiger partial charge in [-0.1, -0.05) is 35.0 Å². The van der Waals surface area contributed by atoms with Crippen molar-refractivity contribution in [1.82, 2.24) is 4.68 Å². The Hall–Kier alpha value is -3.67. The Morgan fingerprint density at radius 3 is 2.06 bits per heavy atom. The van der Waals surface area contributed by atoms with Gasteiger partial charge in [-0.05, 0) is 30.5 Å². The molecule has 0 radical (unpaired) electrons. The number of benzene rings is 3. The van der Waals surface area contributed by atoms with E-state index < -0.39 is 11.7 Å². The van der Waals surface area contributed by atoms with Crippen molar-refractivity contribution in [2.45, 2.75) is 20.0 Å². The third-order valence-electron chi connectivity index (χ3n) is 6.07. The average Bonchev–Trinajstić information content (AvgIpc) is 3.09. The van der Waals surface area contributed by atoms with Crippen molar-refractivity contribution in [2.75, 3.05) is 0 Å². The fourth-order valence-electron chi connectivity index (χ4n) is 4.35. The maximum Gasteiger partial charge on any atom is 0.416 e. The summed E-state index contributed by atoms with van der Waals surface area (Å²) in [6.45, 7) is 3.78. The first-order valence-corrected chi connectivity index (χ1v) is 10.3. The molecule has 3 aromatic carbocycles. The average molecular weight is 433 g/mol. The van der Waals surface area contributed by atoms with Crippen LogP contribution < -0.4 is 9.25 Å². The predicted octanol–water partition coefficient (Wildman–Crippen LogP) is 5.52. The van der Waals surface area contributed by atoms with E-state index in [2.05, 4.69) is 0 Å². The van der Waals surface area contributed by atoms with E-state index in [4.69, 9.17) is 0 Å². The topological polar surface area (TPSA) is 12.7 Å². The molecule has 3 nitrogen and oxygen atoms in total. The van der Waals surface area contributed by atoms with Crippen molar-refractivity contribution in [3.63, 3.8) is 0 Å². The molecule has 0 bridgehead atoms. The van der Waals surface area contributed by atoms with Crippen LogP contribution in [0.3, 0.4) is 0 Å². The van der Waals surface area contributed by atoms with Crippen molar-refractivity contribution >= 4 is 21.7 Å². The molecule has 5 aromatic rings. The summed E-state index contributed by atoms with van der Waals surface area (Å²) in [4.78, 5) is 0. The normalized spacial score (nSPS) is 12.1. The van der Waals surface area contributed by atoms with Crippen molar-refractivity contribution in [3.8, 4) is 11.4 Å². The second-order valence-electron chi connectivity index (χ2n) is 8.11. The van der Waals surface area contributed by atoms with Gasteiger partial charge in [0.2, 0.25) is 17.6 Å². The maximum atomic E-state index is 13.9. The first kappa shape index (κ1) is 20.2. The molecule has 6 heteroatoms. The molecule has 0 N–H and O–H groups in total.